The summed E-state index contributed by atoms with van der Waals surface area (Å²) in [6, 6.07) is 0. The second-order valence-corrected chi connectivity index (χ2v) is 6.11. The predicted molar refractivity (Wildman–Crippen MR) is 70.9 cm³/mol. The Bertz CT molecular complexity index is 442. The summed E-state index contributed by atoms with van der Waals surface area (Å²) in [5, 5.41) is 8.86. The molecule has 0 bridgehead atoms. The minimum atomic E-state index is -1.34. The first-order valence-corrected chi connectivity index (χ1v) is 6.09. The van der Waals surface area contributed by atoms with E-state index in [0.717, 1.165) is 0 Å². The highest BCUT2D eigenvalue weighted by Crippen LogP contribution is 2.12. The van der Waals surface area contributed by atoms with Crippen LogP contribution < -0.4 is 0 Å². The molecule has 0 aliphatic rings. The van der Waals surface area contributed by atoms with Crippen molar-refractivity contribution in [3.05, 3.63) is 12.2 Å². The number of esters is 1. The van der Waals surface area contributed by atoms with Gasteiger partial charge in [-0.05, 0) is 46.8 Å². The fourth-order valence-electron chi connectivity index (χ4n) is 0.923. The van der Waals surface area contributed by atoms with Gasteiger partial charge in [-0.15, -0.1) is 0 Å². The van der Waals surface area contributed by atoms with Crippen LogP contribution in [0, 0.1) is 0 Å². The van der Waals surface area contributed by atoms with Crippen LogP contribution in [0.1, 0.15) is 41.5 Å². The monoisotopic (exact) mass is 303 g/mol. The third kappa shape index (κ3) is 7.93. The van der Waals surface area contributed by atoms with E-state index in [0.29, 0.717) is 0 Å². The Kier molecular flexibility index (Phi) is 5.92. The minimum Gasteiger partial charge on any atom is -0.456 e. The number of amides is 1. The first kappa shape index (κ1) is 18.9. The maximum atomic E-state index is 11.6. The van der Waals surface area contributed by atoms with Crippen LogP contribution in [0.25, 0.3) is 0 Å². The van der Waals surface area contributed by atoms with Crippen molar-refractivity contribution in [3.63, 3.8) is 0 Å². The molecule has 0 saturated heterocycles. The van der Waals surface area contributed by atoms with Gasteiger partial charge in [0.2, 0.25) is 0 Å². The van der Waals surface area contributed by atoms with Crippen molar-refractivity contribution >= 4 is 18.0 Å². The minimum absolute atomic E-state index is 0.430. The highest BCUT2D eigenvalue weighted by Gasteiger charge is 2.29. The van der Waals surface area contributed by atoms with Crippen molar-refractivity contribution < 1.29 is 33.9 Å². The lowest BCUT2D eigenvalue weighted by Crippen LogP contribution is -2.37. The van der Waals surface area contributed by atoms with E-state index in [4.69, 9.17) is 9.47 Å². The largest absolute Gasteiger partial charge is 0.536 e. The lowest BCUT2D eigenvalue weighted by molar-refractivity contribution is -0.289. The Labute approximate surface area is 123 Å². The molecule has 0 saturated carbocycles. The van der Waals surface area contributed by atoms with Gasteiger partial charge in [0.15, 0.2) is 0 Å². The van der Waals surface area contributed by atoms with Crippen molar-refractivity contribution in [2.45, 2.75) is 52.7 Å². The molecule has 0 heterocycles. The van der Waals surface area contributed by atoms with Crippen LogP contribution in [0.4, 0.5) is 4.79 Å². The molecule has 0 fully saturated rings. The summed E-state index contributed by atoms with van der Waals surface area (Å²) < 4.78 is 9.61. The number of carbonyl (C=O) groups is 3. The van der Waals surface area contributed by atoms with Crippen molar-refractivity contribution in [3.8, 4) is 0 Å². The second-order valence-electron chi connectivity index (χ2n) is 6.11. The molecule has 120 valence electrons. The molecule has 8 nitrogen and oxygen atoms in total. The number of carbonyl (C=O) groups excluding carboxylic acids is 3. The van der Waals surface area contributed by atoms with Crippen molar-refractivity contribution in [2.75, 3.05) is 0 Å². The van der Waals surface area contributed by atoms with Crippen LogP contribution >= 0.6 is 0 Å². The fourth-order valence-corrected chi connectivity index (χ4v) is 0.923. The number of hydrogen-bond acceptors (Lipinski definition) is 7. The van der Waals surface area contributed by atoms with Gasteiger partial charge in [0, 0.05) is 0 Å². The first-order valence-electron chi connectivity index (χ1n) is 6.09. The van der Waals surface area contributed by atoms with Gasteiger partial charge in [-0.2, -0.15) is 0 Å². The number of rotatable bonds is 2. The first-order chi connectivity index (χ1) is 9.23. The van der Waals surface area contributed by atoms with Gasteiger partial charge in [0.05, 0.1) is 0 Å². The number of nitrogens with zero attached hydrogens (tertiary/aromatic N) is 1. The van der Waals surface area contributed by atoms with Gasteiger partial charge < -0.3 is 9.47 Å². The molecule has 0 unspecified atom stereocenters. The molecular formula is C13H21NO7. The highest BCUT2D eigenvalue weighted by atomic mass is 16.9. The van der Waals surface area contributed by atoms with Crippen LogP contribution in [0.2, 0.25) is 0 Å². The van der Waals surface area contributed by atoms with E-state index in [1.54, 1.807) is 41.5 Å². The molecular weight excluding hydrogens is 282 g/mol. The van der Waals surface area contributed by atoms with Crippen LogP contribution in [-0.2, 0) is 23.9 Å². The van der Waals surface area contributed by atoms with E-state index >= 15 is 0 Å². The third-order valence-corrected chi connectivity index (χ3v) is 1.63. The van der Waals surface area contributed by atoms with Crippen LogP contribution in [-0.4, -0.2) is 39.7 Å². The van der Waals surface area contributed by atoms with E-state index in [1.807, 2.05) is 0 Å². The van der Waals surface area contributed by atoms with Crippen LogP contribution in [0.5, 0.6) is 0 Å². The summed E-state index contributed by atoms with van der Waals surface area (Å²) in [6.45, 7) is 12.7. The van der Waals surface area contributed by atoms with Gasteiger partial charge in [0.1, 0.15) is 16.8 Å². The molecule has 8 heteroatoms. The Balaban J connectivity index is 4.61. The molecule has 0 atom stereocenters. The summed E-state index contributed by atoms with van der Waals surface area (Å²) in [6.07, 6.45) is -1.31. The molecule has 0 aliphatic heterocycles. The zero-order valence-corrected chi connectivity index (χ0v) is 13.1. The summed E-state index contributed by atoms with van der Waals surface area (Å²) in [7, 11) is 0. The van der Waals surface area contributed by atoms with Crippen molar-refractivity contribution in [1.82, 2.24) is 5.23 Å². The molecule has 21 heavy (non-hydrogen) atoms. The molecule has 0 aromatic carbocycles. The molecule has 1 N–H and O–H groups in total. The van der Waals surface area contributed by atoms with Crippen LogP contribution in [0.15, 0.2) is 12.2 Å². The van der Waals surface area contributed by atoms with Gasteiger partial charge >= 0.3 is 18.0 Å². The summed E-state index contributed by atoms with van der Waals surface area (Å²) in [5.74, 6) is -2.38. The van der Waals surface area contributed by atoms with E-state index < -0.39 is 40.0 Å². The van der Waals surface area contributed by atoms with E-state index in [9.17, 15) is 19.6 Å². The lowest BCUT2D eigenvalue weighted by Gasteiger charge is -2.22. The van der Waals surface area contributed by atoms with Crippen LogP contribution in [0.3, 0.4) is 0 Å². The van der Waals surface area contributed by atoms with Crippen molar-refractivity contribution in [2.24, 2.45) is 0 Å². The molecule has 0 spiro atoms. The fraction of sp³-hybridized carbons (Fsp3) is 0.615. The maximum Gasteiger partial charge on any atom is 0.536 e. The Morgan fingerprint density at radius 2 is 1.38 bits per heavy atom. The average molecular weight is 303 g/mol. The smallest absolute Gasteiger partial charge is 0.456 e. The van der Waals surface area contributed by atoms with Gasteiger partial charge in [-0.3, -0.25) is 14.8 Å². The van der Waals surface area contributed by atoms with Gasteiger partial charge in [-0.1, -0.05) is 6.58 Å². The van der Waals surface area contributed by atoms with Crippen molar-refractivity contribution in [1.29, 1.82) is 0 Å². The number of ether oxygens (including phenoxy) is 2. The Morgan fingerprint density at radius 1 is 0.952 bits per heavy atom. The number of hydrogen-bond donors (Lipinski definition) is 1. The third-order valence-electron chi connectivity index (χ3n) is 1.63. The van der Waals surface area contributed by atoms with E-state index in [2.05, 4.69) is 11.4 Å². The van der Waals surface area contributed by atoms with Gasteiger partial charge in [-0.25, -0.2) is 9.59 Å². The number of hydroxylamine groups is 2. The molecule has 1 amide bonds. The summed E-state index contributed by atoms with van der Waals surface area (Å²) >= 11 is 0. The summed E-state index contributed by atoms with van der Waals surface area (Å²) in [4.78, 5) is 38.6. The molecule has 0 radical (unpaired) electrons. The molecule has 0 aliphatic carbocycles. The predicted octanol–water partition coefficient (Wildman–Crippen LogP) is 1.97. The molecule has 0 aromatic rings. The zero-order valence-electron chi connectivity index (χ0n) is 13.1. The second kappa shape index (κ2) is 6.57. The standard InChI is InChI=1S/C13H21NO7/c1-8(10(16)19-12(2,3)4)9(15)14(18)21-11(17)20-13(5,6)7/h18H,1H2,2-7H3. The average Bonchev–Trinajstić information content (AvgIpc) is 2.21. The summed E-state index contributed by atoms with van der Waals surface area (Å²) in [5.41, 5.74) is -2.41. The normalized spacial score (nSPS) is 11.4. The quantitative estimate of drug-likeness (QED) is 0.208. The van der Waals surface area contributed by atoms with E-state index in [-0.39, 0.29) is 0 Å². The molecule has 0 rings (SSSR count). The Hall–Kier alpha value is -2.09. The Morgan fingerprint density at radius 3 is 1.76 bits per heavy atom. The topological polar surface area (TPSA) is 102 Å². The highest BCUT2D eigenvalue weighted by molar-refractivity contribution is 6.15. The zero-order chi connectivity index (χ0) is 17.0. The van der Waals surface area contributed by atoms with E-state index in [1.165, 1.54) is 0 Å². The lowest BCUT2D eigenvalue weighted by atomic mass is 10.2. The molecule has 0 aromatic heterocycles. The maximum absolute atomic E-state index is 11.6. The SMILES string of the molecule is C=C(C(=O)OC(C)(C)C)C(=O)N(O)OC(=O)OC(C)(C)C. The van der Waals surface area contributed by atoms with Gasteiger partial charge in [0.25, 0.3) is 0 Å².